The lowest BCUT2D eigenvalue weighted by Gasteiger charge is -2.09. The molecule has 0 radical (unpaired) electrons. The third-order valence-electron chi connectivity index (χ3n) is 3.20. The molecule has 0 aliphatic carbocycles. The van der Waals surface area contributed by atoms with Gasteiger partial charge in [0.05, 0.1) is 9.95 Å². The van der Waals surface area contributed by atoms with Gasteiger partial charge in [0.15, 0.2) is 0 Å². The maximum absolute atomic E-state index is 10.8. The van der Waals surface area contributed by atoms with Crippen molar-refractivity contribution in [2.75, 3.05) is 0 Å². The number of nitro benzene ring substituents is 1. The molecule has 0 amide bonds. The summed E-state index contributed by atoms with van der Waals surface area (Å²) < 4.78 is 5.75. The molecule has 5 nitrogen and oxygen atoms in total. The smallest absolute Gasteiger partial charge is 0.269 e. The average Bonchev–Trinajstić information content (AvgIpc) is 2.55. The Morgan fingerprint density at radius 2 is 2.05 bits per heavy atom. The fourth-order valence-corrected chi connectivity index (χ4v) is 2.36. The van der Waals surface area contributed by atoms with Gasteiger partial charge in [-0.05, 0) is 29.8 Å². The molecule has 0 bridgehead atoms. The van der Waals surface area contributed by atoms with E-state index in [4.69, 9.17) is 16.3 Å². The van der Waals surface area contributed by atoms with E-state index in [2.05, 4.69) is 4.98 Å². The Morgan fingerprint density at radius 1 is 1.18 bits per heavy atom. The molecule has 2 aromatic carbocycles. The van der Waals surface area contributed by atoms with E-state index < -0.39 is 4.92 Å². The molecule has 0 fully saturated rings. The van der Waals surface area contributed by atoms with Gasteiger partial charge in [-0.3, -0.25) is 15.1 Å². The molecule has 1 aromatic heterocycles. The molecule has 110 valence electrons. The van der Waals surface area contributed by atoms with Gasteiger partial charge in [-0.15, -0.1) is 0 Å². The fourth-order valence-electron chi connectivity index (χ4n) is 2.15. The molecule has 0 N–H and O–H groups in total. The monoisotopic (exact) mass is 314 g/mol. The van der Waals surface area contributed by atoms with Gasteiger partial charge in [-0.2, -0.15) is 0 Å². The van der Waals surface area contributed by atoms with Gasteiger partial charge in [0.1, 0.15) is 17.9 Å². The molecule has 0 spiro atoms. The number of nitro groups is 1. The molecule has 0 saturated heterocycles. The maximum Gasteiger partial charge on any atom is 0.269 e. The van der Waals surface area contributed by atoms with Crippen molar-refractivity contribution in [2.45, 2.75) is 6.61 Å². The summed E-state index contributed by atoms with van der Waals surface area (Å²) in [5.41, 5.74) is 1.42. The van der Waals surface area contributed by atoms with Crippen LogP contribution in [0.4, 0.5) is 5.69 Å². The summed E-state index contributed by atoms with van der Waals surface area (Å²) in [6.45, 7) is 0.217. The second-order valence-corrected chi connectivity index (χ2v) is 5.07. The van der Waals surface area contributed by atoms with Crippen LogP contribution in [0.3, 0.4) is 0 Å². The predicted molar refractivity (Wildman–Crippen MR) is 84.2 cm³/mol. The van der Waals surface area contributed by atoms with Crippen molar-refractivity contribution in [3.63, 3.8) is 0 Å². The molecule has 22 heavy (non-hydrogen) atoms. The van der Waals surface area contributed by atoms with Gasteiger partial charge >= 0.3 is 0 Å². The quantitative estimate of drug-likeness (QED) is 0.529. The number of nitrogens with zero attached hydrogens (tertiary/aromatic N) is 2. The number of hydrogen-bond donors (Lipinski definition) is 0. The largest absolute Gasteiger partial charge is 0.487 e. The molecule has 3 aromatic rings. The van der Waals surface area contributed by atoms with Crippen molar-refractivity contribution in [1.29, 1.82) is 0 Å². The Balaban J connectivity index is 1.87. The van der Waals surface area contributed by atoms with Crippen LogP contribution in [0.25, 0.3) is 10.9 Å². The zero-order valence-corrected chi connectivity index (χ0v) is 12.2. The summed E-state index contributed by atoms with van der Waals surface area (Å²) in [6, 6.07) is 13.5. The molecule has 0 atom stereocenters. The summed E-state index contributed by atoms with van der Waals surface area (Å²) in [7, 11) is 0. The second kappa shape index (κ2) is 5.99. The first kappa shape index (κ1) is 14.3. The van der Waals surface area contributed by atoms with Gasteiger partial charge in [0.2, 0.25) is 0 Å². The van der Waals surface area contributed by atoms with E-state index in [0.717, 1.165) is 5.39 Å². The van der Waals surface area contributed by atoms with Gasteiger partial charge in [-0.1, -0.05) is 23.7 Å². The van der Waals surface area contributed by atoms with E-state index in [1.165, 1.54) is 12.1 Å². The Hall–Kier alpha value is -2.66. The van der Waals surface area contributed by atoms with Crippen LogP contribution in [0, 0.1) is 10.1 Å². The third kappa shape index (κ3) is 2.84. The normalized spacial score (nSPS) is 10.6. The van der Waals surface area contributed by atoms with Crippen molar-refractivity contribution in [1.82, 2.24) is 4.98 Å². The second-order valence-electron chi connectivity index (χ2n) is 4.66. The molecule has 0 aliphatic heterocycles. The third-order valence-corrected chi connectivity index (χ3v) is 3.52. The van der Waals surface area contributed by atoms with E-state index in [1.807, 2.05) is 6.07 Å². The molecular formula is C16H11ClN2O3. The molecule has 0 saturated carbocycles. The zero-order chi connectivity index (χ0) is 15.5. The SMILES string of the molecule is O=[N+]([O-])c1cccc(COc2ccc(Cl)c3cccnc23)c1. The standard InChI is InChI=1S/C16H11ClN2O3/c17-14-6-7-15(16-13(14)5-2-8-18-16)22-10-11-3-1-4-12(9-11)19(20)21/h1-9H,10H2. The summed E-state index contributed by atoms with van der Waals surface area (Å²) in [5.74, 6) is 0.589. The Morgan fingerprint density at radius 3 is 2.86 bits per heavy atom. The van der Waals surface area contributed by atoms with E-state index in [1.54, 1.807) is 36.5 Å². The van der Waals surface area contributed by atoms with Crippen molar-refractivity contribution in [3.8, 4) is 5.75 Å². The molecule has 0 aliphatic rings. The van der Waals surface area contributed by atoms with E-state index in [-0.39, 0.29) is 12.3 Å². The van der Waals surface area contributed by atoms with Crippen molar-refractivity contribution >= 4 is 28.2 Å². The molecular weight excluding hydrogens is 304 g/mol. The minimum absolute atomic E-state index is 0.0418. The zero-order valence-electron chi connectivity index (χ0n) is 11.4. The topological polar surface area (TPSA) is 65.3 Å². The highest BCUT2D eigenvalue weighted by Gasteiger charge is 2.09. The number of pyridine rings is 1. The predicted octanol–water partition coefficient (Wildman–Crippen LogP) is 4.38. The van der Waals surface area contributed by atoms with E-state index in [9.17, 15) is 10.1 Å². The molecule has 3 rings (SSSR count). The summed E-state index contributed by atoms with van der Waals surface area (Å²) in [5, 5.41) is 12.2. The lowest BCUT2D eigenvalue weighted by atomic mass is 10.2. The lowest BCUT2D eigenvalue weighted by molar-refractivity contribution is -0.384. The number of aromatic nitrogens is 1. The van der Waals surface area contributed by atoms with Gasteiger partial charge in [0, 0.05) is 23.7 Å². The van der Waals surface area contributed by atoms with Crippen LogP contribution < -0.4 is 4.74 Å². The number of fused-ring (bicyclic) bond motifs is 1. The number of ether oxygens (including phenoxy) is 1. The number of rotatable bonds is 4. The minimum atomic E-state index is -0.428. The highest BCUT2D eigenvalue weighted by molar-refractivity contribution is 6.35. The van der Waals surface area contributed by atoms with Gasteiger partial charge in [0.25, 0.3) is 5.69 Å². The Kier molecular flexibility index (Phi) is 3.89. The van der Waals surface area contributed by atoms with Crippen LogP contribution in [0.15, 0.2) is 54.7 Å². The fraction of sp³-hybridized carbons (Fsp3) is 0.0625. The first-order chi connectivity index (χ1) is 10.6. The average molecular weight is 315 g/mol. The van der Waals surface area contributed by atoms with Crippen molar-refractivity contribution < 1.29 is 9.66 Å². The molecule has 1 heterocycles. The summed E-state index contributed by atoms with van der Waals surface area (Å²) in [4.78, 5) is 14.6. The first-order valence-corrected chi connectivity index (χ1v) is 6.92. The number of hydrogen-bond acceptors (Lipinski definition) is 4. The number of benzene rings is 2. The van der Waals surface area contributed by atoms with Crippen LogP contribution in [0.2, 0.25) is 5.02 Å². The number of non-ortho nitro benzene ring substituents is 1. The van der Waals surface area contributed by atoms with Crippen LogP contribution >= 0.6 is 11.6 Å². The first-order valence-electron chi connectivity index (χ1n) is 6.54. The summed E-state index contributed by atoms with van der Waals surface area (Å²) >= 11 is 6.13. The minimum Gasteiger partial charge on any atom is -0.487 e. The maximum atomic E-state index is 10.8. The Bertz CT molecular complexity index is 852. The van der Waals surface area contributed by atoms with E-state index in [0.29, 0.717) is 21.9 Å². The molecule has 0 unspecified atom stereocenters. The number of halogens is 1. The van der Waals surface area contributed by atoms with Crippen LogP contribution in [0.5, 0.6) is 5.75 Å². The van der Waals surface area contributed by atoms with Gasteiger partial charge < -0.3 is 4.74 Å². The Labute approximate surface area is 131 Å². The van der Waals surface area contributed by atoms with Gasteiger partial charge in [-0.25, -0.2) is 0 Å². The van der Waals surface area contributed by atoms with Crippen LogP contribution in [-0.4, -0.2) is 9.91 Å². The summed E-state index contributed by atoms with van der Waals surface area (Å²) in [6.07, 6.45) is 1.67. The highest BCUT2D eigenvalue weighted by atomic mass is 35.5. The molecule has 6 heteroatoms. The van der Waals surface area contributed by atoms with Crippen molar-refractivity contribution in [3.05, 3.63) is 75.4 Å². The lowest BCUT2D eigenvalue weighted by Crippen LogP contribution is -1.98. The van der Waals surface area contributed by atoms with Crippen LogP contribution in [0.1, 0.15) is 5.56 Å². The van der Waals surface area contributed by atoms with Crippen molar-refractivity contribution in [2.24, 2.45) is 0 Å². The highest BCUT2D eigenvalue weighted by Crippen LogP contribution is 2.30. The van der Waals surface area contributed by atoms with Crippen LogP contribution in [-0.2, 0) is 6.61 Å². The van der Waals surface area contributed by atoms with E-state index >= 15 is 0 Å².